The van der Waals surface area contributed by atoms with Crippen molar-refractivity contribution in [2.24, 2.45) is 0 Å². The standard InChI is InChI=1S/C15H21N3O2S/c1-15(2)10-18(7-8-21-15)13(19)9-17-14(20)11-3-5-12(16)6-4-11/h3-6H,7-10,16H2,1-2H3,(H,17,20). The fourth-order valence-electron chi connectivity index (χ4n) is 2.23. The van der Waals surface area contributed by atoms with E-state index in [1.807, 2.05) is 16.7 Å². The first-order valence-corrected chi connectivity index (χ1v) is 7.91. The Bertz CT molecular complexity index is 528. The van der Waals surface area contributed by atoms with Crippen molar-refractivity contribution < 1.29 is 9.59 Å². The largest absolute Gasteiger partial charge is 0.399 e. The summed E-state index contributed by atoms with van der Waals surface area (Å²) in [5.74, 6) is 0.645. The number of amides is 2. The van der Waals surface area contributed by atoms with Gasteiger partial charge in [0, 0.05) is 34.8 Å². The van der Waals surface area contributed by atoms with Crippen LogP contribution in [0.4, 0.5) is 5.69 Å². The normalized spacial score (nSPS) is 17.3. The lowest BCUT2D eigenvalue weighted by Crippen LogP contribution is -2.49. The summed E-state index contributed by atoms with van der Waals surface area (Å²) in [6, 6.07) is 6.63. The van der Waals surface area contributed by atoms with Crippen molar-refractivity contribution >= 4 is 29.3 Å². The molecule has 2 amide bonds. The third-order valence-corrected chi connectivity index (χ3v) is 4.65. The molecule has 1 saturated heterocycles. The van der Waals surface area contributed by atoms with E-state index >= 15 is 0 Å². The van der Waals surface area contributed by atoms with Crippen molar-refractivity contribution in [1.29, 1.82) is 0 Å². The molecule has 0 saturated carbocycles. The maximum atomic E-state index is 12.2. The Morgan fingerprint density at radius 1 is 1.33 bits per heavy atom. The van der Waals surface area contributed by atoms with Crippen LogP contribution in [0, 0.1) is 0 Å². The van der Waals surface area contributed by atoms with Gasteiger partial charge in [-0.15, -0.1) is 0 Å². The average molecular weight is 307 g/mol. The molecule has 114 valence electrons. The van der Waals surface area contributed by atoms with Gasteiger partial charge in [0.15, 0.2) is 0 Å². The van der Waals surface area contributed by atoms with E-state index in [0.29, 0.717) is 17.8 Å². The molecule has 1 aromatic rings. The zero-order valence-corrected chi connectivity index (χ0v) is 13.2. The summed E-state index contributed by atoms with van der Waals surface area (Å²) in [6.45, 7) is 5.75. The Labute approximate surface area is 129 Å². The van der Waals surface area contributed by atoms with E-state index in [2.05, 4.69) is 19.2 Å². The molecule has 6 heteroatoms. The number of rotatable bonds is 3. The zero-order chi connectivity index (χ0) is 15.5. The Kier molecular flexibility index (Phi) is 4.77. The van der Waals surface area contributed by atoms with Crippen LogP contribution in [0.5, 0.6) is 0 Å². The number of nitrogens with two attached hydrogens (primary N) is 1. The van der Waals surface area contributed by atoms with Gasteiger partial charge in [0.25, 0.3) is 5.91 Å². The molecule has 0 unspecified atom stereocenters. The highest BCUT2D eigenvalue weighted by Crippen LogP contribution is 2.29. The number of nitrogens with one attached hydrogen (secondary N) is 1. The van der Waals surface area contributed by atoms with E-state index in [1.165, 1.54) is 0 Å². The van der Waals surface area contributed by atoms with Crippen molar-refractivity contribution in [2.75, 3.05) is 31.1 Å². The Hall–Kier alpha value is -1.69. The van der Waals surface area contributed by atoms with E-state index in [-0.39, 0.29) is 23.1 Å². The van der Waals surface area contributed by atoms with Crippen LogP contribution in [0.2, 0.25) is 0 Å². The molecule has 1 aliphatic heterocycles. The molecule has 1 heterocycles. The average Bonchev–Trinajstić information content (AvgIpc) is 2.44. The molecule has 1 aliphatic rings. The summed E-state index contributed by atoms with van der Waals surface area (Å²) in [7, 11) is 0. The molecule has 1 fully saturated rings. The van der Waals surface area contributed by atoms with E-state index in [9.17, 15) is 9.59 Å². The zero-order valence-electron chi connectivity index (χ0n) is 12.4. The lowest BCUT2D eigenvalue weighted by molar-refractivity contribution is -0.130. The van der Waals surface area contributed by atoms with Crippen molar-refractivity contribution in [1.82, 2.24) is 10.2 Å². The quantitative estimate of drug-likeness (QED) is 0.827. The number of benzene rings is 1. The molecule has 1 aromatic carbocycles. The first-order chi connectivity index (χ1) is 9.87. The Morgan fingerprint density at radius 3 is 2.62 bits per heavy atom. The van der Waals surface area contributed by atoms with Crippen molar-refractivity contribution in [2.45, 2.75) is 18.6 Å². The fraction of sp³-hybridized carbons (Fsp3) is 0.467. The van der Waals surface area contributed by atoms with Crippen LogP contribution in [0.3, 0.4) is 0 Å². The summed E-state index contributed by atoms with van der Waals surface area (Å²) in [5.41, 5.74) is 6.69. The van der Waals surface area contributed by atoms with Gasteiger partial charge in [0.05, 0.1) is 6.54 Å². The highest BCUT2D eigenvalue weighted by atomic mass is 32.2. The van der Waals surface area contributed by atoms with Crippen LogP contribution in [0.1, 0.15) is 24.2 Å². The summed E-state index contributed by atoms with van der Waals surface area (Å²) in [5, 5.41) is 2.67. The molecular weight excluding hydrogens is 286 g/mol. The minimum absolute atomic E-state index is 0.0317. The van der Waals surface area contributed by atoms with Crippen LogP contribution in [-0.4, -0.2) is 46.8 Å². The maximum Gasteiger partial charge on any atom is 0.251 e. The third-order valence-electron chi connectivity index (χ3n) is 3.35. The monoisotopic (exact) mass is 307 g/mol. The minimum Gasteiger partial charge on any atom is -0.399 e. The summed E-state index contributed by atoms with van der Waals surface area (Å²) in [4.78, 5) is 25.9. The van der Waals surface area contributed by atoms with Gasteiger partial charge in [-0.3, -0.25) is 9.59 Å². The van der Waals surface area contributed by atoms with Gasteiger partial charge in [-0.2, -0.15) is 11.8 Å². The van der Waals surface area contributed by atoms with Gasteiger partial charge in [-0.25, -0.2) is 0 Å². The molecule has 0 spiro atoms. The number of hydrogen-bond acceptors (Lipinski definition) is 4. The molecule has 0 atom stereocenters. The number of anilines is 1. The minimum atomic E-state index is -0.256. The molecular formula is C15H21N3O2S. The summed E-state index contributed by atoms with van der Waals surface area (Å²) in [6.07, 6.45) is 0. The first-order valence-electron chi connectivity index (χ1n) is 6.93. The van der Waals surface area contributed by atoms with E-state index in [4.69, 9.17) is 5.73 Å². The van der Waals surface area contributed by atoms with Crippen LogP contribution in [0.25, 0.3) is 0 Å². The van der Waals surface area contributed by atoms with Crippen molar-refractivity contribution in [3.63, 3.8) is 0 Å². The summed E-state index contributed by atoms with van der Waals surface area (Å²) < 4.78 is 0.0782. The molecule has 2 rings (SSSR count). The number of thioether (sulfide) groups is 1. The first kappa shape index (κ1) is 15.7. The highest BCUT2D eigenvalue weighted by Gasteiger charge is 2.29. The second-order valence-electron chi connectivity index (χ2n) is 5.73. The number of carbonyl (C=O) groups is 2. The van der Waals surface area contributed by atoms with Crippen molar-refractivity contribution in [3.8, 4) is 0 Å². The summed E-state index contributed by atoms with van der Waals surface area (Å²) >= 11 is 1.87. The number of nitrogens with zero attached hydrogens (tertiary/aromatic N) is 1. The Morgan fingerprint density at radius 2 is 2.00 bits per heavy atom. The van der Waals surface area contributed by atoms with E-state index < -0.39 is 0 Å². The van der Waals surface area contributed by atoms with Crippen molar-refractivity contribution in [3.05, 3.63) is 29.8 Å². The smallest absolute Gasteiger partial charge is 0.251 e. The predicted molar refractivity (Wildman–Crippen MR) is 86.3 cm³/mol. The molecule has 21 heavy (non-hydrogen) atoms. The highest BCUT2D eigenvalue weighted by molar-refractivity contribution is 8.00. The van der Waals surface area contributed by atoms with Gasteiger partial charge in [0.1, 0.15) is 0 Å². The topological polar surface area (TPSA) is 75.4 Å². The molecule has 0 aliphatic carbocycles. The van der Waals surface area contributed by atoms with E-state index in [1.54, 1.807) is 24.3 Å². The SMILES string of the molecule is CC1(C)CN(C(=O)CNC(=O)c2ccc(N)cc2)CCS1. The lowest BCUT2D eigenvalue weighted by Gasteiger charge is -2.37. The predicted octanol–water partition coefficient (Wildman–Crippen LogP) is 1.35. The number of carbonyl (C=O) groups excluding carboxylic acids is 2. The Balaban J connectivity index is 1.86. The molecule has 0 aromatic heterocycles. The van der Waals surface area contributed by atoms with Gasteiger partial charge >= 0.3 is 0 Å². The van der Waals surface area contributed by atoms with Gasteiger partial charge in [0.2, 0.25) is 5.91 Å². The number of hydrogen-bond donors (Lipinski definition) is 2. The van der Waals surface area contributed by atoms with Crippen LogP contribution >= 0.6 is 11.8 Å². The third kappa shape index (κ3) is 4.39. The van der Waals surface area contributed by atoms with Gasteiger partial charge < -0.3 is 16.0 Å². The maximum absolute atomic E-state index is 12.2. The second kappa shape index (κ2) is 6.39. The van der Waals surface area contributed by atoms with Crippen LogP contribution < -0.4 is 11.1 Å². The van der Waals surface area contributed by atoms with Crippen LogP contribution in [-0.2, 0) is 4.79 Å². The number of nitrogen functional groups attached to an aromatic ring is 1. The van der Waals surface area contributed by atoms with Gasteiger partial charge in [-0.1, -0.05) is 0 Å². The van der Waals surface area contributed by atoms with Crippen LogP contribution in [0.15, 0.2) is 24.3 Å². The van der Waals surface area contributed by atoms with E-state index in [0.717, 1.165) is 12.3 Å². The van der Waals surface area contributed by atoms with Gasteiger partial charge in [-0.05, 0) is 38.1 Å². The lowest BCUT2D eigenvalue weighted by atomic mass is 10.2. The fourth-order valence-corrected chi connectivity index (χ4v) is 3.34. The molecule has 3 N–H and O–H groups in total. The second-order valence-corrected chi connectivity index (χ2v) is 7.53. The molecule has 5 nitrogen and oxygen atoms in total. The molecule has 0 radical (unpaired) electrons. The molecule has 0 bridgehead atoms.